The molecule has 0 aliphatic rings. The molecule has 1 aromatic carbocycles. The lowest BCUT2D eigenvalue weighted by molar-refractivity contribution is -0.693. The summed E-state index contributed by atoms with van der Waals surface area (Å²) >= 11 is 0. The van der Waals surface area contributed by atoms with Crippen LogP contribution in [0.1, 0.15) is 29.8 Å². The number of ketones is 1. The average molecular weight is 321 g/mol. The number of hydrogen-bond acceptors (Lipinski definition) is 4. The second kappa shape index (κ2) is 7.82. The van der Waals surface area contributed by atoms with Crippen LogP contribution in [0.5, 0.6) is 0 Å². The first-order valence-corrected chi connectivity index (χ1v) is 8.17. The predicted molar refractivity (Wildman–Crippen MR) is 81.5 cm³/mol. The number of carbonyl (C=O) groups is 1. The minimum atomic E-state index is -4.27. The topological polar surface area (TPSA) is 78.1 Å². The number of benzene rings is 1. The Morgan fingerprint density at radius 3 is 1.95 bits per heavy atom. The van der Waals surface area contributed by atoms with Gasteiger partial charge in [0.25, 0.3) is 0 Å². The van der Waals surface area contributed by atoms with Gasteiger partial charge in [-0.25, -0.2) is 13.0 Å². The van der Waals surface area contributed by atoms with Crippen molar-refractivity contribution in [3.05, 3.63) is 59.9 Å². The van der Waals surface area contributed by atoms with Crippen LogP contribution in [0.3, 0.4) is 0 Å². The van der Waals surface area contributed by atoms with Crippen molar-refractivity contribution in [2.45, 2.75) is 32.2 Å². The van der Waals surface area contributed by atoms with E-state index in [9.17, 15) is 17.8 Å². The molecule has 0 spiro atoms. The Labute approximate surface area is 131 Å². The molecule has 0 unspecified atom stereocenters. The molecule has 0 saturated carbocycles. The number of carbonyl (C=O) groups excluding carboxylic acids is 1. The Balaban J connectivity index is 0.000000220. The smallest absolute Gasteiger partial charge is 0.169 e. The molecule has 118 valence electrons. The molecule has 0 aliphatic carbocycles. The molecule has 0 bridgehead atoms. The van der Waals surface area contributed by atoms with Crippen LogP contribution in [0.4, 0.5) is 0 Å². The summed E-state index contributed by atoms with van der Waals surface area (Å²) in [5.41, 5.74) is 1.70. The zero-order chi connectivity index (χ0) is 16.8. The fourth-order valence-electron chi connectivity index (χ4n) is 1.61. The summed E-state index contributed by atoms with van der Waals surface area (Å²) in [7, 11) is -4.27. The maximum absolute atomic E-state index is 10.8. The van der Waals surface area contributed by atoms with E-state index in [0.717, 1.165) is 17.7 Å². The van der Waals surface area contributed by atoms with E-state index in [2.05, 4.69) is 6.92 Å². The Morgan fingerprint density at radius 2 is 1.59 bits per heavy atom. The van der Waals surface area contributed by atoms with Gasteiger partial charge in [-0.3, -0.25) is 4.79 Å². The Bertz CT molecular complexity index is 720. The van der Waals surface area contributed by atoms with Gasteiger partial charge in [-0.1, -0.05) is 17.7 Å². The quantitative estimate of drug-likeness (QED) is 0.493. The van der Waals surface area contributed by atoms with E-state index < -0.39 is 10.1 Å². The van der Waals surface area contributed by atoms with Crippen LogP contribution in [-0.4, -0.2) is 18.8 Å². The minimum absolute atomic E-state index is 0.119. The van der Waals surface area contributed by atoms with Gasteiger partial charge in [-0.2, -0.15) is 0 Å². The van der Waals surface area contributed by atoms with Crippen LogP contribution in [0, 0.1) is 6.92 Å². The molecule has 0 fully saturated rings. The summed E-state index contributed by atoms with van der Waals surface area (Å²) in [6.45, 7) is 6.40. The second-order valence-corrected chi connectivity index (χ2v) is 6.12. The maximum Gasteiger partial charge on any atom is 0.169 e. The van der Waals surface area contributed by atoms with E-state index in [0.29, 0.717) is 0 Å². The van der Waals surface area contributed by atoms with Gasteiger partial charge >= 0.3 is 0 Å². The predicted octanol–water partition coefficient (Wildman–Crippen LogP) is 2.10. The molecule has 2 rings (SSSR count). The summed E-state index contributed by atoms with van der Waals surface area (Å²) < 4.78 is 33.2. The van der Waals surface area contributed by atoms with Crippen LogP contribution in [0.25, 0.3) is 0 Å². The lowest BCUT2D eigenvalue weighted by atomic mass is 10.2. The lowest BCUT2D eigenvalue weighted by Crippen LogP contribution is -2.30. The number of aromatic nitrogens is 1. The van der Waals surface area contributed by atoms with Crippen molar-refractivity contribution >= 4 is 15.9 Å². The van der Waals surface area contributed by atoms with Crippen molar-refractivity contribution in [2.24, 2.45) is 0 Å². The van der Waals surface area contributed by atoms with Crippen molar-refractivity contribution in [3.63, 3.8) is 0 Å². The summed E-state index contributed by atoms with van der Waals surface area (Å²) in [6, 6.07) is 9.46. The third kappa shape index (κ3) is 5.75. The molecule has 0 N–H and O–H groups in total. The summed E-state index contributed by atoms with van der Waals surface area (Å²) in [5.74, 6) is 0.119. The van der Waals surface area contributed by atoms with Crippen LogP contribution in [0.15, 0.2) is 53.7 Å². The van der Waals surface area contributed by atoms with E-state index in [1.54, 1.807) is 19.1 Å². The van der Waals surface area contributed by atoms with Crippen LogP contribution in [0.2, 0.25) is 0 Å². The average Bonchev–Trinajstić information content (AvgIpc) is 2.47. The van der Waals surface area contributed by atoms with Crippen molar-refractivity contribution < 1.29 is 22.3 Å². The Kier molecular flexibility index (Phi) is 6.39. The zero-order valence-corrected chi connectivity index (χ0v) is 13.6. The summed E-state index contributed by atoms with van der Waals surface area (Å²) in [4.78, 5) is 10.7. The molecule has 0 radical (unpaired) electrons. The van der Waals surface area contributed by atoms with Gasteiger partial charge in [0, 0.05) is 17.7 Å². The Morgan fingerprint density at radius 1 is 1.09 bits per heavy atom. The molecule has 0 saturated heterocycles. The molecule has 0 amide bonds. The lowest BCUT2D eigenvalue weighted by Gasteiger charge is -2.05. The molecule has 22 heavy (non-hydrogen) atoms. The molecular weight excluding hydrogens is 302 g/mol. The van der Waals surface area contributed by atoms with Gasteiger partial charge in [0.1, 0.15) is 16.7 Å². The third-order valence-electron chi connectivity index (χ3n) is 2.97. The standard InChI is InChI=1S/C9H12NO.C7H8O3S/c1-3-10-6-4-9(5-7-10)8(2)11;1-6-2-4-7(5-3-6)11(8,9)10/h4-7H,3H2,1-2H3;2-5H,1H3,(H,8,9,10)/q+1;/p-1. The van der Waals surface area contributed by atoms with E-state index >= 15 is 0 Å². The number of aryl methyl sites for hydroxylation is 2. The van der Waals surface area contributed by atoms with Gasteiger partial charge in [-0.15, -0.1) is 0 Å². The fraction of sp³-hybridized carbons (Fsp3) is 0.250. The van der Waals surface area contributed by atoms with Crippen LogP contribution >= 0.6 is 0 Å². The normalized spacial score (nSPS) is 10.5. The number of nitrogens with zero attached hydrogens (tertiary/aromatic N) is 1. The minimum Gasteiger partial charge on any atom is -0.744 e. The molecule has 5 nitrogen and oxygen atoms in total. The van der Waals surface area contributed by atoms with Gasteiger partial charge in [0.05, 0.1) is 4.90 Å². The summed E-state index contributed by atoms with van der Waals surface area (Å²) in [5, 5.41) is 0. The highest BCUT2D eigenvalue weighted by molar-refractivity contribution is 7.85. The maximum atomic E-state index is 10.8. The highest BCUT2D eigenvalue weighted by atomic mass is 32.2. The first-order chi connectivity index (χ1) is 10.2. The highest BCUT2D eigenvalue weighted by Crippen LogP contribution is 2.08. The molecule has 6 heteroatoms. The van der Waals surface area contributed by atoms with Crippen LogP contribution in [-0.2, 0) is 16.7 Å². The molecule has 0 atom stereocenters. The monoisotopic (exact) mass is 321 g/mol. The molecule has 0 aliphatic heterocycles. The van der Waals surface area contributed by atoms with E-state index in [1.807, 2.05) is 36.0 Å². The molecular formula is C16H19NO4S. The largest absolute Gasteiger partial charge is 0.744 e. The summed E-state index contributed by atoms with van der Waals surface area (Å²) in [6.07, 6.45) is 3.83. The third-order valence-corrected chi connectivity index (χ3v) is 3.82. The Hall–Kier alpha value is -2.05. The zero-order valence-electron chi connectivity index (χ0n) is 12.8. The highest BCUT2D eigenvalue weighted by Gasteiger charge is 2.00. The SMILES string of the molecule is CC[n+]1ccc(C(C)=O)cc1.Cc1ccc(S(=O)(=O)[O-])cc1. The van der Waals surface area contributed by atoms with E-state index in [4.69, 9.17) is 0 Å². The number of rotatable bonds is 3. The second-order valence-electron chi connectivity index (χ2n) is 4.74. The molecule has 2 aromatic rings. The van der Waals surface area contributed by atoms with Gasteiger partial charge in [0.15, 0.2) is 18.2 Å². The number of hydrogen-bond donors (Lipinski definition) is 0. The first-order valence-electron chi connectivity index (χ1n) is 6.76. The molecule has 1 aromatic heterocycles. The van der Waals surface area contributed by atoms with Gasteiger partial charge < -0.3 is 4.55 Å². The van der Waals surface area contributed by atoms with Crippen molar-refractivity contribution in [3.8, 4) is 0 Å². The molecule has 1 heterocycles. The number of pyridine rings is 1. The van der Waals surface area contributed by atoms with Crippen LogP contribution < -0.4 is 4.57 Å². The van der Waals surface area contributed by atoms with Crippen molar-refractivity contribution in [1.82, 2.24) is 0 Å². The van der Waals surface area contributed by atoms with Crippen molar-refractivity contribution in [2.75, 3.05) is 0 Å². The van der Waals surface area contributed by atoms with Crippen molar-refractivity contribution in [1.29, 1.82) is 0 Å². The van der Waals surface area contributed by atoms with Gasteiger partial charge in [-0.05, 0) is 32.9 Å². The van der Waals surface area contributed by atoms with E-state index in [-0.39, 0.29) is 10.7 Å². The fourth-order valence-corrected chi connectivity index (χ4v) is 2.08. The van der Waals surface area contributed by atoms with Gasteiger partial charge in [0.2, 0.25) is 0 Å². The first kappa shape index (κ1) is 18.0. The number of Topliss-reactive ketones (excluding diaryl/α,β-unsaturated/α-hetero) is 1. The van der Waals surface area contributed by atoms with E-state index in [1.165, 1.54) is 12.1 Å².